The number of hydrogen-bond donors (Lipinski definition) is 1. The summed E-state index contributed by atoms with van der Waals surface area (Å²) >= 11 is 0. The predicted molar refractivity (Wildman–Crippen MR) is 120 cm³/mol. The summed E-state index contributed by atoms with van der Waals surface area (Å²) < 4.78 is 33.6. The zero-order valence-corrected chi connectivity index (χ0v) is 18.9. The Morgan fingerprint density at radius 1 is 1.16 bits per heavy atom. The van der Waals surface area contributed by atoms with E-state index >= 15 is 0 Å². The molecule has 5 nitrogen and oxygen atoms in total. The second-order valence-electron chi connectivity index (χ2n) is 8.75. The molecular formula is C25H29NO4S. The van der Waals surface area contributed by atoms with E-state index in [1.54, 1.807) is 19.2 Å². The highest BCUT2D eigenvalue weighted by Gasteiger charge is 2.59. The Labute approximate surface area is 185 Å². The molecule has 2 aromatic rings. The summed E-state index contributed by atoms with van der Waals surface area (Å²) in [5.41, 5.74) is 1.71. The minimum atomic E-state index is -3.68. The molecule has 3 atom stereocenters. The molecular weight excluding hydrogens is 410 g/mol. The van der Waals surface area contributed by atoms with E-state index in [0.717, 1.165) is 42.6 Å². The normalized spacial score (nSPS) is 24.8. The number of aryl methyl sites for hydroxylation is 1. The molecule has 0 bridgehead atoms. The molecule has 6 heteroatoms. The fourth-order valence-electron chi connectivity index (χ4n) is 4.68. The zero-order chi connectivity index (χ0) is 22.1. The van der Waals surface area contributed by atoms with Crippen LogP contribution in [0.25, 0.3) is 0 Å². The van der Waals surface area contributed by atoms with Crippen LogP contribution < -0.4 is 4.74 Å². The first kappa shape index (κ1) is 21.9. The molecule has 2 aliphatic carbocycles. The van der Waals surface area contributed by atoms with Crippen molar-refractivity contribution >= 4 is 10.0 Å². The smallest absolute Gasteiger partial charge is 0.243 e. The monoisotopic (exact) mass is 439 g/mol. The van der Waals surface area contributed by atoms with Crippen LogP contribution in [0.1, 0.15) is 36.8 Å². The lowest BCUT2D eigenvalue weighted by molar-refractivity contribution is 0.0874. The second kappa shape index (κ2) is 8.66. The maximum absolute atomic E-state index is 13.5. The lowest BCUT2D eigenvalue weighted by Crippen LogP contribution is -2.39. The number of hydrogen-bond acceptors (Lipinski definition) is 4. The first-order chi connectivity index (χ1) is 14.8. The SMILES string of the molecule is COc1ccc(C#CCN(C[C@]23CCC[C@@H](O)[C@H]2C3)S(=O)(=O)c2ccc(C)cc2)cc1. The molecule has 0 spiro atoms. The Morgan fingerprint density at radius 2 is 1.87 bits per heavy atom. The summed E-state index contributed by atoms with van der Waals surface area (Å²) in [5, 5.41) is 10.3. The summed E-state index contributed by atoms with van der Waals surface area (Å²) in [4.78, 5) is 0.286. The van der Waals surface area contributed by atoms with Crippen molar-refractivity contribution in [3.05, 3.63) is 59.7 Å². The highest BCUT2D eigenvalue weighted by molar-refractivity contribution is 7.89. The minimum absolute atomic E-state index is 0.114. The van der Waals surface area contributed by atoms with Crippen LogP contribution in [0.3, 0.4) is 0 Å². The topological polar surface area (TPSA) is 66.8 Å². The van der Waals surface area contributed by atoms with Crippen molar-refractivity contribution in [2.45, 2.75) is 43.6 Å². The molecule has 0 aliphatic heterocycles. The molecule has 0 saturated heterocycles. The van der Waals surface area contributed by atoms with E-state index in [0.29, 0.717) is 6.54 Å². The van der Waals surface area contributed by atoms with Crippen LogP contribution >= 0.6 is 0 Å². The van der Waals surface area contributed by atoms with Gasteiger partial charge in [0.25, 0.3) is 0 Å². The largest absolute Gasteiger partial charge is 0.497 e. The van der Waals surface area contributed by atoms with E-state index in [1.165, 1.54) is 4.31 Å². The maximum atomic E-state index is 13.5. The average molecular weight is 440 g/mol. The molecule has 0 amide bonds. The number of methoxy groups -OCH3 is 1. The van der Waals surface area contributed by atoms with Gasteiger partial charge in [-0.25, -0.2) is 8.42 Å². The number of aliphatic hydroxyl groups is 1. The Balaban J connectivity index is 1.58. The maximum Gasteiger partial charge on any atom is 0.243 e. The fraction of sp³-hybridized carbons (Fsp3) is 0.440. The zero-order valence-electron chi connectivity index (χ0n) is 18.0. The number of nitrogens with zero attached hydrogens (tertiary/aromatic N) is 1. The van der Waals surface area contributed by atoms with Crippen LogP contribution in [0.4, 0.5) is 0 Å². The molecule has 0 heterocycles. The van der Waals surface area contributed by atoms with Crippen molar-refractivity contribution in [1.82, 2.24) is 4.31 Å². The van der Waals surface area contributed by atoms with Crippen LogP contribution in [0.15, 0.2) is 53.4 Å². The quantitative estimate of drug-likeness (QED) is 0.699. The summed E-state index contributed by atoms with van der Waals surface area (Å²) in [7, 11) is -2.07. The summed E-state index contributed by atoms with van der Waals surface area (Å²) in [6.45, 7) is 2.46. The van der Waals surface area contributed by atoms with Crippen molar-refractivity contribution in [1.29, 1.82) is 0 Å². The van der Waals surface area contributed by atoms with Gasteiger partial charge < -0.3 is 9.84 Å². The van der Waals surface area contributed by atoms with Gasteiger partial charge in [-0.1, -0.05) is 36.0 Å². The average Bonchev–Trinajstić information content (AvgIpc) is 3.50. The van der Waals surface area contributed by atoms with E-state index in [9.17, 15) is 13.5 Å². The van der Waals surface area contributed by atoms with Gasteiger partial charge in [0.2, 0.25) is 10.0 Å². The Hall–Kier alpha value is -2.33. The number of aliphatic hydroxyl groups excluding tert-OH is 1. The van der Waals surface area contributed by atoms with E-state index in [2.05, 4.69) is 11.8 Å². The van der Waals surface area contributed by atoms with Gasteiger partial charge in [-0.2, -0.15) is 4.31 Å². The van der Waals surface area contributed by atoms with E-state index in [4.69, 9.17) is 4.74 Å². The Bertz CT molecular complexity index is 1080. The first-order valence-corrected chi connectivity index (χ1v) is 12.2. The molecule has 2 saturated carbocycles. The minimum Gasteiger partial charge on any atom is -0.497 e. The van der Waals surface area contributed by atoms with Gasteiger partial charge in [0.1, 0.15) is 5.75 Å². The van der Waals surface area contributed by atoms with Gasteiger partial charge in [0.15, 0.2) is 0 Å². The molecule has 164 valence electrons. The lowest BCUT2D eigenvalue weighted by Gasteiger charge is -2.30. The molecule has 31 heavy (non-hydrogen) atoms. The summed E-state index contributed by atoms with van der Waals surface area (Å²) in [5.74, 6) is 7.08. The van der Waals surface area contributed by atoms with Gasteiger partial charge in [-0.3, -0.25) is 0 Å². The van der Waals surface area contributed by atoms with E-state index < -0.39 is 10.0 Å². The van der Waals surface area contributed by atoms with Crippen molar-refractivity contribution in [2.75, 3.05) is 20.2 Å². The third-order valence-corrected chi connectivity index (χ3v) is 8.43. The number of sulfonamides is 1. The van der Waals surface area contributed by atoms with Gasteiger partial charge in [-0.15, -0.1) is 0 Å². The Morgan fingerprint density at radius 3 is 2.55 bits per heavy atom. The molecule has 2 aromatic carbocycles. The standard InChI is InChI=1S/C25H29NO4S/c1-19-7-13-22(14-8-19)31(28,29)26(18-25-15-3-6-24(27)23(25)17-25)16-4-5-20-9-11-21(30-2)12-10-20/h7-14,23-24,27H,3,6,15-18H2,1-2H3/t23-,24-,25-/m1/s1. The van der Waals surface area contributed by atoms with Crippen LogP contribution in [0.2, 0.25) is 0 Å². The van der Waals surface area contributed by atoms with E-state index in [1.807, 2.05) is 43.3 Å². The molecule has 2 aliphatic rings. The van der Waals surface area contributed by atoms with Crippen LogP contribution in [0, 0.1) is 30.1 Å². The van der Waals surface area contributed by atoms with Crippen LogP contribution in [0.5, 0.6) is 5.75 Å². The number of benzene rings is 2. The first-order valence-electron chi connectivity index (χ1n) is 10.7. The van der Waals surface area contributed by atoms with Gasteiger partial charge in [0.05, 0.1) is 24.7 Å². The second-order valence-corrected chi connectivity index (χ2v) is 10.7. The predicted octanol–water partition coefficient (Wildman–Crippen LogP) is 3.60. The third-order valence-electron chi connectivity index (χ3n) is 6.62. The van der Waals surface area contributed by atoms with Crippen molar-refractivity contribution in [2.24, 2.45) is 11.3 Å². The Kier molecular flexibility index (Phi) is 6.11. The van der Waals surface area contributed by atoms with Gasteiger partial charge >= 0.3 is 0 Å². The van der Waals surface area contributed by atoms with Crippen molar-refractivity contribution < 1.29 is 18.3 Å². The van der Waals surface area contributed by atoms with Gasteiger partial charge in [0, 0.05) is 12.1 Å². The number of rotatable bonds is 6. The third kappa shape index (κ3) is 4.64. The number of ether oxygens (including phenoxy) is 1. The highest BCUT2D eigenvalue weighted by atomic mass is 32.2. The highest BCUT2D eigenvalue weighted by Crippen LogP contribution is 2.61. The van der Waals surface area contributed by atoms with Gasteiger partial charge in [-0.05, 0) is 73.9 Å². The van der Waals surface area contributed by atoms with Crippen molar-refractivity contribution in [3.8, 4) is 17.6 Å². The lowest BCUT2D eigenvalue weighted by atomic mass is 9.86. The molecule has 1 N–H and O–H groups in total. The van der Waals surface area contributed by atoms with Crippen LogP contribution in [-0.2, 0) is 10.0 Å². The summed E-state index contributed by atoms with van der Waals surface area (Å²) in [6.07, 6.45) is 3.28. The van der Waals surface area contributed by atoms with Crippen molar-refractivity contribution in [3.63, 3.8) is 0 Å². The molecule has 2 fully saturated rings. The number of fused-ring (bicyclic) bond motifs is 1. The van der Waals surface area contributed by atoms with E-state index in [-0.39, 0.29) is 28.9 Å². The molecule has 0 aromatic heterocycles. The molecule has 0 unspecified atom stereocenters. The molecule has 4 rings (SSSR count). The fourth-order valence-corrected chi connectivity index (χ4v) is 6.12. The van der Waals surface area contributed by atoms with Crippen LogP contribution in [-0.4, -0.2) is 44.1 Å². The molecule has 0 radical (unpaired) electrons. The summed E-state index contributed by atoms with van der Waals surface area (Å²) in [6, 6.07) is 14.3.